The molecule has 0 radical (unpaired) electrons. The standard InChI is InChI=1S/C64H47NSi/c1-66(2)61-36-20-17-33-56(61)64(57-34-18-21-37-62(57)66)55-32-16-13-30-51(55)53-41-39-48(43-59(53)64)65(60-35-19-14-28-49(60)44-22-6-3-7-23-44)47-38-40-52-50-29-12-15-31-54(50)63(58(52)42-47,45-24-8-4-9-25-45)46-26-10-5-11-27-46/h3-43H,1-2H3. The Bertz CT molecular complexity index is 3430. The lowest BCUT2D eigenvalue weighted by Gasteiger charge is -2.46. The summed E-state index contributed by atoms with van der Waals surface area (Å²) in [5.41, 5.74) is 20.5. The van der Waals surface area contributed by atoms with Crippen molar-refractivity contribution in [1.82, 2.24) is 0 Å². The molecular formula is C64H47NSi. The summed E-state index contributed by atoms with van der Waals surface area (Å²) in [6.45, 7) is 5.07. The topological polar surface area (TPSA) is 3.24 Å². The number of rotatable bonds is 6. The van der Waals surface area contributed by atoms with E-state index in [9.17, 15) is 0 Å². The van der Waals surface area contributed by atoms with Crippen molar-refractivity contribution in [1.29, 1.82) is 0 Å². The number of nitrogens with zero attached hydrogens (tertiary/aromatic N) is 1. The molecule has 1 heterocycles. The summed E-state index contributed by atoms with van der Waals surface area (Å²) in [7, 11) is -2.07. The first-order valence-electron chi connectivity index (χ1n) is 23.3. The maximum absolute atomic E-state index is 2.55. The second-order valence-corrected chi connectivity index (χ2v) is 23.0. The Hall–Kier alpha value is -7.78. The molecule has 10 aromatic rings. The van der Waals surface area contributed by atoms with Gasteiger partial charge in [0.15, 0.2) is 0 Å². The molecule has 66 heavy (non-hydrogen) atoms. The Morgan fingerprint density at radius 1 is 0.303 bits per heavy atom. The molecule has 1 aliphatic heterocycles. The van der Waals surface area contributed by atoms with Gasteiger partial charge in [-0.1, -0.05) is 231 Å². The van der Waals surface area contributed by atoms with Gasteiger partial charge in [0.1, 0.15) is 8.07 Å². The van der Waals surface area contributed by atoms with Gasteiger partial charge in [-0.2, -0.15) is 0 Å². The zero-order valence-corrected chi connectivity index (χ0v) is 38.1. The molecule has 0 aromatic heterocycles. The maximum Gasteiger partial charge on any atom is 0.113 e. The van der Waals surface area contributed by atoms with Crippen molar-refractivity contribution in [2.45, 2.75) is 23.9 Å². The Balaban J connectivity index is 1.12. The average molecular weight is 858 g/mol. The number of benzene rings is 10. The van der Waals surface area contributed by atoms with E-state index in [2.05, 4.69) is 267 Å². The molecular weight excluding hydrogens is 811 g/mol. The van der Waals surface area contributed by atoms with Crippen LogP contribution < -0.4 is 15.3 Å². The smallest absolute Gasteiger partial charge is 0.113 e. The Morgan fingerprint density at radius 3 is 1.21 bits per heavy atom. The number of para-hydroxylation sites is 1. The van der Waals surface area contributed by atoms with Crippen molar-refractivity contribution in [2.75, 3.05) is 4.90 Å². The third-order valence-corrected chi connectivity index (χ3v) is 18.8. The molecule has 1 spiro atoms. The van der Waals surface area contributed by atoms with E-state index in [1.165, 1.54) is 88.3 Å². The molecule has 13 rings (SSSR count). The van der Waals surface area contributed by atoms with E-state index >= 15 is 0 Å². The van der Waals surface area contributed by atoms with Crippen LogP contribution in [0.2, 0.25) is 13.1 Å². The van der Waals surface area contributed by atoms with Crippen molar-refractivity contribution in [2.24, 2.45) is 0 Å². The highest BCUT2D eigenvalue weighted by Crippen LogP contribution is 2.60. The Labute approximate surface area is 389 Å². The van der Waals surface area contributed by atoms with E-state index in [1.807, 2.05) is 0 Å². The van der Waals surface area contributed by atoms with Crippen molar-refractivity contribution < 1.29 is 0 Å². The van der Waals surface area contributed by atoms with E-state index in [1.54, 1.807) is 0 Å². The SMILES string of the molecule is C[Si]1(C)c2ccccc2C2(c3ccccc3-c3ccc(N(c4ccc5c(c4)C(c4ccccc4)(c4ccccc4)c4ccccc4-5)c4ccccc4-c4ccccc4)cc32)c2ccccc21. The monoisotopic (exact) mass is 857 g/mol. The van der Waals surface area contributed by atoms with Gasteiger partial charge >= 0.3 is 0 Å². The van der Waals surface area contributed by atoms with E-state index < -0.39 is 18.9 Å². The van der Waals surface area contributed by atoms with Crippen LogP contribution in [0.1, 0.15) is 44.5 Å². The van der Waals surface area contributed by atoms with Crippen LogP contribution in [0.4, 0.5) is 17.1 Å². The summed E-state index contributed by atoms with van der Waals surface area (Å²) in [4.78, 5) is 2.54. The largest absolute Gasteiger partial charge is 0.310 e. The quantitative estimate of drug-likeness (QED) is 0.151. The third kappa shape index (κ3) is 5.22. The predicted octanol–water partition coefficient (Wildman–Crippen LogP) is 14.7. The van der Waals surface area contributed by atoms with Gasteiger partial charge in [0.25, 0.3) is 0 Å². The average Bonchev–Trinajstić information content (AvgIpc) is 3.85. The highest BCUT2D eigenvalue weighted by Gasteiger charge is 2.54. The minimum Gasteiger partial charge on any atom is -0.310 e. The van der Waals surface area contributed by atoms with Crippen LogP contribution >= 0.6 is 0 Å². The fourth-order valence-electron chi connectivity index (χ4n) is 12.5. The van der Waals surface area contributed by atoms with Crippen LogP contribution in [0.15, 0.2) is 249 Å². The summed E-state index contributed by atoms with van der Waals surface area (Å²) < 4.78 is 0. The second kappa shape index (κ2) is 14.6. The Morgan fingerprint density at radius 2 is 0.682 bits per heavy atom. The molecule has 0 amide bonds. The second-order valence-electron chi connectivity index (χ2n) is 18.7. The lowest BCUT2D eigenvalue weighted by Crippen LogP contribution is -2.63. The molecule has 3 aliphatic rings. The van der Waals surface area contributed by atoms with Crippen LogP contribution in [0, 0.1) is 0 Å². The number of hydrogen-bond acceptors (Lipinski definition) is 1. The van der Waals surface area contributed by atoms with E-state index in [-0.39, 0.29) is 0 Å². The summed E-state index contributed by atoms with van der Waals surface area (Å²) in [5.74, 6) is 0. The van der Waals surface area contributed by atoms with Crippen LogP contribution in [0.25, 0.3) is 33.4 Å². The highest BCUT2D eigenvalue weighted by atomic mass is 28.3. The molecule has 2 aliphatic carbocycles. The van der Waals surface area contributed by atoms with E-state index in [0.29, 0.717) is 0 Å². The maximum atomic E-state index is 2.55. The van der Waals surface area contributed by atoms with Gasteiger partial charge in [0, 0.05) is 16.9 Å². The van der Waals surface area contributed by atoms with Crippen LogP contribution in [-0.2, 0) is 10.8 Å². The molecule has 0 saturated heterocycles. The molecule has 0 N–H and O–H groups in total. The molecule has 0 unspecified atom stereocenters. The zero-order valence-electron chi connectivity index (χ0n) is 37.1. The molecule has 312 valence electrons. The van der Waals surface area contributed by atoms with Gasteiger partial charge in [-0.05, 0) is 113 Å². The summed E-state index contributed by atoms with van der Waals surface area (Å²) in [5, 5.41) is 3.03. The molecule has 2 heteroatoms. The predicted molar refractivity (Wildman–Crippen MR) is 278 cm³/mol. The van der Waals surface area contributed by atoms with Gasteiger partial charge in [-0.25, -0.2) is 0 Å². The molecule has 10 aromatic carbocycles. The number of hydrogen-bond donors (Lipinski definition) is 0. The Kier molecular flexibility index (Phi) is 8.56. The first kappa shape index (κ1) is 38.7. The lowest BCUT2D eigenvalue weighted by molar-refractivity contribution is 0.768. The third-order valence-electron chi connectivity index (χ3n) is 15.2. The molecule has 0 fully saturated rings. The first-order chi connectivity index (χ1) is 32.5. The fourth-order valence-corrected chi connectivity index (χ4v) is 15.7. The van der Waals surface area contributed by atoms with Crippen molar-refractivity contribution in [3.63, 3.8) is 0 Å². The number of anilines is 3. The minimum absolute atomic E-state index is 0.488. The first-order valence-corrected chi connectivity index (χ1v) is 26.3. The van der Waals surface area contributed by atoms with Crippen LogP contribution in [-0.4, -0.2) is 8.07 Å². The molecule has 0 atom stereocenters. The van der Waals surface area contributed by atoms with Crippen molar-refractivity contribution >= 4 is 35.5 Å². The van der Waals surface area contributed by atoms with Gasteiger partial charge in [-0.15, -0.1) is 0 Å². The van der Waals surface area contributed by atoms with Crippen LogP contribution in [0.5, 0.6) is 0 Å². The minimum atomic E-state index is -2.07. The van der Waals surface area contributed by atoms with E-state index in [4.69, 9.17) is 0 Å². The fraction of sp³-hybridized carbons (Fsp3) is 0.0625. The normalized spacial score (nSPS) is 14.9. The van der Waals surface area contributed by atoms with Gasteiger partial charge < -0.3 is 4.90 Å². The van der Waals surface area contributed by atoms with Crippen LogP contribution in [0.3, 0.4) is 0 Å². The zero-order chi connectivity index (χ0) is 44.0. The summed E-state index contributed by atoms with van der Waals surface area (Å²) in [6, 6.07) is 93.8. The lowest BCUT2D eigenvalue weighted by atomic mass is 9.67. The number of fused-ring (bicyclic) bond motifs is 12. The highest BCUT2D eigenvalue weighted by molar-refractivity contribution is 7.01. The summed E-state index contributed by atoms with van der Waals surface area (Å²) >= 11 is 0. The molecule has 0 saturated carbocycles. The summed E-state index contributed by atoms with van der Waals surface area (Å²) in [6.07, 6.45) is 0. The molecule has 1 nitrogen and oxygen atoms in total. The molecule has 0 bridgehead atoms. The van der Waals surface area contributed by atoms with Gasteiger partial charge in [-0.3, -0.25) is 0 Å². The van der Waals surface area contributed by atoms with Crippen molar-refractivity contribution in [3.05, 3.63) is 293 Å². The van der Waals surface area contributed by atoms with E-state index in [0.717, 1.165) is 17.1 Å². The van der Waals surface area contributed by atoms with Crippen molar-refractivity contribution in [3.8, 4) is 33.4 Å². The van der Waals surface area contributed by atoms with Gasteiger partial charge in [0.05, 0.1) is 16.5 Å². The van der Waals surface area contributed by atoms with Gasteiger partial charge in [0.2, 0.25) is 0 Å².